The van der Waals surface area contributed by atoms with E-state index >= 15 is 0 Å². The Morgan fingerprint density at radius 1 is 1.17 bits per heavy atom. The van der Waals surface area contributed by atoms with E-state index < -0.39 is 25.7 Å². The fraction of sp³-hybridized carbons (Fsp3) is 0.565. The molecule has 168 valence electrons. The van der Waals surface area contributed by atoms with Crippen molar-refractivity contribution in [3.05, 3.63) is 54.6 Å². The number of aliphatic hydroxyl groups is 3. The molecule has 6 atom stereocenters. The second-order valence-corrected chi connectivity index (χ2v) is 10.7. The number of allylic oxidation sites excluding steroid dienone is 2. The van der Waals surface area contributed by atoms with Gasteiger partial charge in [0.05, 0.1) is 12.2 Å². The Morgan fingerprint density at radius 3 is 2.60 bits per heavy atom. The molecule has 4 N–H and O–H groups in total. The highest BCUT2D eigenvalue weighted by Crippen LogP contribution is 2.37. The van der Waals surface area contributed by atoms with Gasteiger partial charge in [0.2, 0.25) is 0 Å². The van der Waals surface area contributed by atoms with Crippen molar-refractivity contribution >= 4 is 7.37 Å². The Balaban J connectivity index is 1.78. The summed E-state index contributed by atoms with van der Waals surface area (Å²) in [6.45, 7) is 1.50. The number of rotatable bonds is 12. The van der Waals surface area contributed by atoms with Crippen molar-refractivity contribution < 1.29 is 29.5 Å². The maximum absolute atomic E-state index is 11.3. The van der Waals surface area contributed by atoms with Gasteiger partial charge in [-0.15, -0.1) is 0 Å². The number of para-hydroxylation sites is 1. The van der Waals surface area contributed by atoms with Crippen molar-refractivity contribution in [3.63, 3.8) is 0 Å². The van der Waals surface area contributed by atoms with E-state index in [0.717, 1.165) is 12.8 Å². The molecule has 1 aromatic rings. The van der Waals surface area contributed by atoms with Crippen molar-refractivity contribution in [2.24, 2.45) is 11.8 Å². The fourth-order valence-corrected chi connectivity index (χ4v) is 4.57. The molecule has 0 saturated heterocycles. The third-order valence-corrected chi connectivity index (χ3v) is 6.55. The molecule has 0 radical (unpaired) electrons. The zero-order valence-corrected chi connectivity index (χ0v) is 18.5. The molecule has 1 fully saturated rings. The Labute approximate surface area is 179 Å². The summed E-state index contributed by atoms with van der Waals surface area (Å²) in [5, 5.41) is 30.8. The average molecular weight is 439 g/mol. The first kappa shape index (κ1) is 24.8. The molecule has 0 amide bonds. The van der Waals surface area contributed by atoms with E-state index in [1.165, 1.54) is 6.66 Å². The first-order valence-corrected chi connectivity index (χ1v) is 12.9. The minimum absolute atomic E-state index is 0.108. The van der Waals surface area contributed by atoms with Crippen LogP contribution in [-0.2, 0) is 4.57 Å². The Hall–Kier alpha value is -1.43. The van der Waals surface area contributed by atoms with Gasteiger partial charge >= 0.3 is 0 Å². The molecule has 0 spiro atoms. The quantitative estimate of drug-likeness (QED) is 0.227. The van der Waals surface area contributed by atoms with Crippen molar-refractivity contribution in [2.75, 3.05) is 19.4 Å². The van der Waals surface area contributed by atoms with Gasteiger partial charge in [0.25, 0.3) is 0 Å². The summed E-state index contributed by atoms with van der Waals surface area (Å²) >= 11 is 0. The minimum Gasteiger partial charge on any atom is -0.491 e. The van der Waals surface area contributed by atoms with Crippen LogP contribution in [0.2, 0.25) is 0 Å². The number of hydrogen-bond donors (Lipinski definition) is 4. The topological polar surface area (TPSA) is 107 Å². The molecular formula is C23H35O6P. The molecule has 2 rings (SSSR count). The lowest BCUT2D eigenvalue weighted by molar-refractivity contribution is 0.120. The second-order valence-electron chi connectivity index (χ2n) is 8.17. The summed E-state index contributed by atoms with van der Waals surface area (Å²) in [5.41, 5.74) is 0. The molecule has 0 bridgehead atoms. The van der Waals surface area contributed by atoms with Crippen LogP contribution in [-0.4, -0.2) is 58.0 Å². The number of benzene rings is 1. The lowest BCUT2D eigenvalue weighted by atomic mass is 9.89. The van der Waals surface area contributed by atoms with Crippen LogP contribution in [0.15, 0.2) is 54.6 Å². The lowest BCUT2D eigenvalue weighted by Crippen LogP contribution is -2.21. The molecule has 1 aliphatic rings. The van der Waals surface area contributed by atoms with Gasteiger partial charge in [-0.1, -0.05) is 42.5 Å². The van der Waals surface area contributed by atoms with E-state index in [1.54, 1.807) is 12.2 Å². The maximum Gasteiger partial charge on any atom is 0.197 e. The summed E-state index contributed by atoms with van der Waals surface area (Å²) in [7, 11) is -2.92. The Kier molecular flexibility index (Phi) is 10.3. The lowest BCUT2D eigenvalue weighted by Gasteiger charge is -2.19. The third-order valence-electron chi connectivity index (χ3n) is 5.40. The highest BCUT2D eigenvalue weighted by molar-refractivity contribution is 7.57. The molecular weight excluding hydrogens is 403 g/mol. The predicted molar refractivity (Wildman–Crippen MR) is 119 cm³/mol. The summed E-state index contributed by atoms with van der Waals surface area (Å²) in [4.78, 5) is 9.28. The molecule has 1 saturated carbocycles. The number of ether oxygens (including phenoxy) is 1. The summed E-state index contributed by atoms with van der Waals surface area (Å²) in [6, 6.07) is 9.26. The van der Waals surface area contributed by atoms with Crippen LogP contribution in [0.5, 0.6) is 5.75 Å². The van der Waals surface area contributed by atoms with Gasteiger partial charge in [-0.2, -0.15) is 0 Å². The first-order chi connectivity index (χ1) is 14.3. The number of aliphatic hydroxyl groups excluding tert-OH is 3. The molecule has 1 aliphatic carbocycles. The highest BCUT2D eigenvalue weighted by atomic mass is 31.2. The van der Waals surface area contributed by atoms with Crippen LogP contribution in [0, 0.1) is 11.8 Å². The van der Waals surface area contributed by atoms with E-state index in [0.29, 0.717) is 31.2 Å². The normalized spacial score (nSPS) is 27.5. The predicted octanol–water partition coefficient (Wildman–Crippen LogP) is 3.36. The minimum atomic E-state index is -2.92. The molecule has 1 unspecified atom stereocenters. The van der Waals surface area contributed by atoms with E-state index in [-0.39, 0.29) is 18.4 Å². The van der Waals surface area contributed by atoms with E-state index in [1.807, 2.05) is 42.5 Å². The summed E-state index contributed by atoms with van der Waals surface area (Å²) in [6.07, 6.45) is 9.12. The van der Waals surface area contributed by atoms with Gasteiger partial charge in [-0.3, -0.25) is 4.57 Å². The molecule has 6 nitrogen and oxygen atoms in total. The fourth-order valence-electron chi connectivity index (χ4n) is 3.76. The first-order valence-electron chi connectivity index (χ1n) is 10.6. The van der Waals surface area contributed by atoms with Crippen molar-refractivity contribution in [3.8, 4) is 5.75 Å². The van der Waals surface area contributed by atoms with Crippen LogP contribution in [0.1, 0.15) is 32.1 Å². The largest absolute Gasteiger partial charge is 0.491 e. The van der Waals surface area contributed by atoms with Crippen LogP contribution in [0.3, 0.4) is 0 Å². The van der Waals surface area contributed by atoms with E-state index in [4.69, 9.17) is 4.74 Å². The molecule has 7 heteroatoms. The zero-order chi connectivity index (χ0) is 22.0. The standard InChI is InChI=1S/C23H35O6P/c1-30(27,28)15-9-4-2-3-8-12-20-21(23(26)16-22(20)25)14-13-18(24)17-29-19-10-6-5-7-11-19/h3,5-8,10-11,13-14,18,20-26H,2,4,9,12,15-17H2,1H3,(H,27,28)/b8-3-,14-13+/t18-,20+,21+,22-,23+/m0/s1. The van der Waals surface area contributed by atoms with Gasteiger partial charge in [0.15, 0.2) is 7.37 Å². The van der Waals surface area contributed by atoms with Crippen molar-refractivity contribution in [1.29, 1.82) is 0 Å². The molecule has 0 aromatic heterocycles. The van der Waals surface area contributed by atoms with E-state index in [2.05, 4.69) is 0 Å². The second kappa shape index (κ2) is 12.4. The zero-order valence-electron chi connectivity index (χ0n) is 17.6. The summed E-state index contributed by atoms with van der Waals surface area (Å²) in [5.74, 6) is 0.351. The monoisotopic (exact) mass is 438 g/mol. The molecule has 1 aromatic carbocycles. The Morgan fingerprint density at radius 2 is 1.90 bits per heavy atom. The third kappa shape index (κ3) is 9.15. The van der Waals surface area contributed by atoms with Gasteiger partial charge in [0, 0.05) is 25.2 Å². The van der Waals surface area contributed by atoms with Gasteiger partial charge < -0.3 is 24.9 Å². The van der Waals surface area contributed by atoms with Crippen molar-refractivity contribution in [2.45, 2.75) is 50.4 Å². The number of unbranched alkanes of at least 4 members (excludes halogenated alkanes) is 2. The van der Waals surface area contributed by atoms with Crippen LogP contribution < -0.4 is 4.74 Å². The van der Waals surface area contributed by atoms with Gasteiger partial charge in [0.1, 0.15) is 18.5 Å². The van der Waals surface area contributed by atoms with Gasteiger partial charge in [-0.05, 0) is 43.7 Å². The molecule has 30 heavy (non-hydrogen) atoms. The van der Waals surface area contributed by atoms with Crippen LogP contribution in [0.4, 0.5) is 0 Å². The van der Waals surface area contributed by atoms with E-state index in [9.17, 15) is 24.8 Å². The van der Waals surface area contributed by atoms with Crippen molar-refractivity contribution in [1.82, 2.24) is 0 Å². The van der Waals surface area contributed by atoms with Crippen LogP contribution in [0.25, 0.3) is 0 Å². The smallest absolute Gasteiger partial charge is 0.197 e. The Bertz CT molecular complexity index is 714. The van der Waals surface area contributed by atoms with Gasteiger partial charge in [-0.25, -0.2) is 0 Å². The van der Waals surface area contributed by atoms with Crippen LogP contribution >= 0.6 is 7.37 Å². The summed E-state index contributed by atoms with van der Waals surface area (Å²) < 4.78 is 16.8. The maximum atomic E-state index is 11.3. The average Bonchev–Trinajstić information content (AvgIpc) is 2.96. The molecule has 0 heterocycles. The molecule has 0 aliphatic heterocycles. The SMILES string of the molecule is CP(=O)(O)CCCC/C=C\C[C@@H]1[C@@H](/C=C/[C@H](O)COc2ccccc2)[C@H](O)C[C@@H]1O. The number of hydrogen-bond acceptors (Lipinski definition) is 5. The highest BCUT2D eigenvalue weighted by Gasteiger charge is 2.39.